The number of nitrogens with one attached hydrogen (secondary N) is 3. The van der Waals surface area contributed by atoms with Crippen molar-refractivity contribution in [3.8, 4) is 0 Å². The molecule has 0 fully saturated rings. The summed E-state index contributed by atoms with van der Waals surface area (Å²) in [5, 5.41) is 9.05. The zero-order valence-electron chi connectivity index (χ0n) is 19.5. The van der Waals surface area contributed by atoms with Gasteiger partial charge < -0.3 is 15.4 Å². The molecule has 1 rings (SSSR count). The number of halogens is 1. The second kappa shape index (κ2) is 12.5. The van der Waals surface area contributed by atoms with Crippen molar-refractivity contribution >= 4 is 51.6 Å². The van der Waals surface area contributed by atoms with Gasteiger partial charge in [-0.3, -0.25) is 10.3 Å². The Morgan fingerprint density at radius 3 is 2.13 bits per heavy atom. The molecular formula is C21H37IN4O4S. The molecule has 8 nitrogen and oxygen atoms in total. The largest absolute Gasteiger partial charge is 0.444 e. The standard InChI is InChI=1S/C21H36N4O4S.HI/c1-8-22-18(24-15-21(5,6)30(7,27)28)23-14-13-16-9-11-17(12-10-16)25-19(26)29-20(2,3)4;/h9-12H,8,13-15H2,1-7H3,(H,25,26)(H2,22,23,24);1H. The Balaban J connectivity index is 0.00000900. The number of carbonyl (C=O) groups is 1. The summed E-state index contributed by atoms with van der Waals surface area (Å²) in [4.78, 5) is 16.2. The predicted octanol–water partition coefficient (Wildman–Crippen LogP) is 3.57. The molecule has 0 aromatic heterocycles. The van der Waals surface area contributed by atoms with Crippen LogP contribution in [0.4, 0.5) is 10.5 Å². The van der Waals surface area contributed by atoms with Crippen LogP contribution < -0.4 is 16.0 Å². The van der Waals surface area contributed by atoms with Crippen LogP contribution in [0.25, 0.3) is 0 Å². The van der Waals surface area contributed by atoms with Gasteiger partial charge in [-0.25, -0.2) is 13.2 Å². The van der Waals surface area contributed by atoms with E-state index in [0.717, 1.165) is 12.0 Å². The molecule has 0 aliphatic heterocycles. The molecule has 178 valence electrons. The Kier molecular flexibility index (Phi) is 11.8. The molecule has 0 atom stereocenters. The molecule has 10 heteroatoms. The monoisotopic (exact) mass is 568 g/mol. The van der Waals surface area contributed by atoms with E-state index in [1.165, 1.54) is 6.26 Å². The highest BCUT2D eigenvalue weighted by atomic mass is 127. The number of benzene rings is 1. The minimum Gasteiger partial charge on any atom is -0.444 e. The summed E-state index contributed by atoms with van der Waals surface area (Å²) in [6.07, 6.45) is 1.48. The molecule has 0 unspecified atom stereocenters. The van der Waals surface area contributed by atoms with Gasteiger partial charge in [-0.15, -0.1) is 24.0 Å². The lowest BCUT2D eigenvalue weighted by atomic mass is 10.1. The number of hydrogen-bond acceptors (Lipinski definition) is 5. The predicted molar refractivity (Wildman–Crippen MR) is 138 cm³/mol. The lowest BCUT2D eigenvalue weighted by Crippen LogP contribution is -2.41. The number of hydrogen-bond donors (Lipinski definition) is 3. The van der Waals surface area contributed by atoms with Gasteiger partial charge in [-0.2, -0.15) is 0 Å². The van der Waals surface area contributed by atoms with E-state index in [2.05, 4.69) is 20.9 Å². The molecule has 1 aromatic rings. The molecule has 1 aromatic carbocycles. The van der Waals surface area contributed by atoms with Gasteiger partial charge in [-0.05, 0) is 65.7 Å². The third kappa shape index (κ3) is 11.6. The van der Waals surface area contributed by atoms with Crippen LogP contribution in [0, 0.1) is 0 Å². The van der Waals surface area contributed by atoms with E-state index < -0.39 is 26.3 Å². The molecule has 3 N–H and O–H groups in total. The molecule has 0 bridgehead atoms. The van der Waals surface area contributed by atoms with Gasteiger partial charge in [0.2, 0.25) is 0 Å². The van der Waals surface area contributed by atoms with Gasteiger partial charge in [0, 0.05) is 25.0 Å². The fourth-order valence-corrected chi connectivity index (χ4v) is 2.53. The number of aliphatic imine (C=N–C) groups is 1. The van der Waals surface area contributed by atoms with Crippen LogP contribution in [0.1, 0.15) is 47.1 Å². The normalized spacial score (nSPS) is 12.5. The average Bonchev–Trinajstić information content (AvgIpc) is 2.58. The summed E-state index contributed by atoms with van der Waals surface area (Å²) in [7, 11) is -3.20. The molecule has 0 saturated carbocycles. The van der Waals surface area contributed by atoms with Gasteiger partial charge in [0.1, 0.15) is 5.60 Å². The second-order valence-electron chi connectivity index (χ2n) is 8.73. The van der Waals surface area contributed by atoms with Crippen molar-refractivity contribution in [2.45, 2.75) is 58.3 Å². The maximum Gasteiger partial charge on any atom is 0.412 e. The van der Waals surface area contributed by atoms with Crippen molar-refractivity contribution in [1.82, 2.24) is 10.6 Å². The van der Waals surface area contributed by atoms with Crippen molar-refractivity contribution < 1.29 is 17.9 Å². The van der Waals surface area contributed by atoms with Gasteiger partial charge in [0.05, 0.1) is 11.3 Å². The third-order valence-electron chi connectivity index (χ3n) is 4.27. The summed E-state index contributed by atoms with van der Waals surface area (Å²) in [5.74, 6) is 0.581. The van der Waals surface area contributed by atoms with Crippen LogP contribution >= 0.6 is 24.0 Å². The van der Waals surface area contributed by atoms with E-state index in [4.69, 9.17) is 4.74 Å². The Labute approximate surface area is 203 Å². The first-order valence-corrected chi connectivity index (χ1v) is 11.9. The van der Waals surface area contributed by atoms with Gasteiger partial charge in [-0.1, -0.05) is 12.1 Å². The zero-order chi connectivity index (χ0) is 23.0. The van der Waals surface area contributed by atoms with Crippen LogP contribution in [0.15, 0.2) is 29.3 Å². The number of nitrogens with zero attached hydrogens (tertiary/aromatic N) is 1. The minimum absolute atomic E-state index is 0. The van der Waals surface area contributed by atoms with E-state index in [-0.39, 0.29) is 30.5 Å². The molecule has 0 heterocycles. The van der Waals surface area contributed by atoms with Crippen molar-refractivity contribution in [3.63, 3.8) is 0 Å². The van der Waals surface area contributed by atoms with Crippen molar-refractivity contribution in [1.29, 1.82) is 0 Å². The van der Waals surface area contributed by atoms with Gasteiger partial charge in [0.15, 0.2) is 15.8 Å². The van der Waals surface area contributed by atoms with E-state index in [1.807, 2.05) is 52.0 Å². The number of rotatable bonds is 8. The van der Waals surface area contributed by atoms with E-state index in [0.29, 0.717) is 24.7 Å². The van der Waals surface area contributed by atoms with Crippen molar-refractivity contribution in [2.24, 2.45) is 4.99 Å². The number of guanidine groups is 1. The molecule has 0 radical (unpaired) electrons. The summed E-state index contributed by atoms with van der Waals surface area (Å²) in [6.45, 7) is 12.2. The van der Waals surface area contributed by atoms with Crippen LogP contribution in [-0.2, 0) is 21.0 Å². The second-order valence-corrected chi connectivity index (χ2v) is 11.4. The van der Waals surface area contributed by atoms with Gasteiger partial charge in [0.25, 0.3) is 0 Å². The van der Waals surface area contributed by atoms with Crippen LogP contribution in [0.3, 0.4) is 0 Å². The molecule has 0 aliphatic carbocycles. The quantitative estimate of drug-likeness (QED) is 0.252. The summed E-state index contributed by atoms with van der Waals surface area (Å²) in [6, 6.07) is 7.52. The summed E-state index contributed by atoms with van der Waals surface area (Å²) >= 11 is 0. The van der Waals surface area contributed by atoms with E-state index in [1.54, 1.807) is 13.8 Å². The minimum atomic E-state index is -3.20. The third-order valence-corrected chi connectivity index (χ3v) is 6.41. The topological polar surface area (TPSA) is 109 Å². The summed E-state index contributed by atoms with van der Waals surface area (Å²) < 4.78 is 28.0. The lowest BCUT2D eigenvalue weighted by Gasteiger charge is -2.21. The fraction of sp³-hybridized carbons (Fsp3) is 0.619. The molecule has 0 aliphatic rings. The van der Waals surface area contributed by atoms with E-state index >= 15 is 0 Å². The molecule has 31 heavy (non-hydrogen) atoms. The molecule has 0 saturated heterocycles. The maximum absolute atomic E-state index is 11.8. The Hall–Kier alpha value is -1.56. The number of sulfone groups is 1. The Morgan fingerprint density at radius 2 is 1.65 bits per heavy atom. The first-order valence-electron chi connectivity index (χ1n) is 10.0. The van der Waals surface area contributed by atoms with Crippen molar-refractivity contribution in [2.75, 3.05) is 31.2 Å². The Morgan fingerprint density at radius 1 is 1.06 bits per heavy atom. The summed E-state index contributed by atoms with van der Waals surface area (Å²) in [5.41, 5.74) is 1.21. The first kappa shape index (κ1) is 29.4. The van der Waals surface area contributed by atoms with Crippen molar-refractivity contribution in [3.05, 3.63) is 29.8 Å². The first-order chi connectivity index (χ1) is 13.7. The Bertz CT molecular complexity index is 832. The van der Waals surface area contributed by atoms with E-state index in [9.17, 15) is 13.2 Å². The average molecular weight is 569 g/mol. The van der Waals surface area contributed by atoms with Crippen LogP contribution in [0.5, 0.6) is 0 Å². The fourth-order valence-electron chi connectivity index (χ4n) is 2.23. The SMILES string of the molecule is CCNC(=NCC(C)(C)S(C)(=O)=O)NCCc1ccc(NC(=O)OC(C)(C)C)cc1.I. The number of carbonyl (C=O) groups excluding carboxylic acids is 1. The number of amides is 1. The molecular weight excluding hydrogens is 531 g/mol. The molecule has 1 amide bonds. The van der Waals surface area contributed by atoms with Crippen LogP contribution in [-0.4, -0.2) is 56.7 Å². The number of anilines is 1. The molecule has 0 spiro atoms. The highest BCUT2D eigenvalue weighted by Crippen LogP contribution is 2.15. The van der Waals surface area contributed by atoms with Gasteiger partial charge >= 0.3 is 6.09 Å². The number of ether oxygens (including phenoxy) is 1. The maximum atomic E-state index is 11.8. The highest BCUT2D eigenvalue weighted by molar-refractivity contribution is 14.0. The van der Waals surface area contributed by atoms with Crippen LogP contribution in [0.2, 0.25) is 0 Å². The highest BCUT2D eigenvalue weighted by Gasteiger charge is 2.29. The lowest BCUT2D eigenvalue weighted by molar-refractivity contribution is 0.0636. The smallest absolute Gasteiger partial charge is 0.412 e. The zero-order valence-corrected chi connectivity index (χ0v) is 22.7.